The molecule has 0 bridgehead atoms. The maximum Gasteiger partial charge on any atom is 0.227 e. The van der Waals surface area contributed by atoms with Crippen LogP contribution >= 0.6 is 11.8 Å². The van der Waals surface area contributed by atoms with Gasteiger partial charge in [0.2, 0.25) is 11.8 Å². The summed E-state index contributed by atoms with van der Waals surface area (Å²) in [6.07, 6.45) is 2.01. The fourth-order valence-corrected chi connectivity index (χ4v) is 4.84. The average molecular weight is 256 g/mol. The van der Waals surface area contributed by atoms with Crippen LogP contribution in [0.3, 0.4) is 0 Å². The van der Waals surface area contributed by atoms with Crippen LogP contribution in [0, 0.1) is 0 Å². The number of aliphatic hydroxyl groups is 1. The van der Waals surface area contributed by atoms with Crippen LogP contribution in [0.5, 0.6) is 0 Å². The van der Waals surface area contributed by atoms with E-state index >= 15 is 0 Å². The van der Waals surface area contributed by atoms with Gasteiger partial charge in [-0.15, -0.1) is 11.8 Å². The van der Waals surface area contributed by atoms with Crippen molar-refractivity contribution in [1.82, 2.24) is 10.2 Å². The zero-order valence-corrected chi connectivity index (χ0v) is 10.5. The highest BCUT2D eigenvalue weighted by Gasteiger charge is 2.58. The van der Waals surface area contributed by atoms with E-state index < -0.39 is 5.54 Å². The van der Waals surface area contributed by atoms with Crippen molar-refractivity contribution in [3.8, 4) is 0 Å². The molecule has 0 aromatic carbocycles. The van der Waals surface area contributed by atoms with Gasteiger partial charge < -0.3 is 15.3 Å². The number of nitrogens with zero attached hydrogens (tertiary/aromatic N) is 1. The first kappa shape index (κ1) is 11.3. The minimum atomic E-state index is -0.453. The number of thioether (sulfide) groups is 1. The van der Waals surface area contributed by atoms with E-state index in [9.17, 15) is 14.7 Å². The van der Waals surface area contributed by atoms with E-state index in [0.29, 0.717) is 12.8 Å². The van der Waals surface area contributed by atoms with Crippen molar-refractivity contribution in [2.24, 2.45) is 0 Å². The summed E-state index contributed by atoms with van der Waals surface area (Å²) in [4.78, 5) is 24.3. The second-order valence-electron chi connectivity index (χ2n) is 5.27. The van der Waals surface area contributed by atoms with Gasteiger partial charge in [-0.25, -0.2) is 0 Å². The molecule has 0 aliphatic carbocycles. The van der Waals surface area contributed by atoms with Crippen LogP contribution in [0.15, 0.2) is 0 Å². The largest absolute Gasteiger partial charge is 0.394 e. The van der Waals surface area contributed by atoms with E-state index in [2.05, 4.69) is 5.32 Å². The van der Waals surface area contributed by atoms with Crippen LogP contribution in [0.1, 0.15) is 26.2 Å². The van der Waals surface area contributed by atoms with Crippen LogP contribution in [0.2, 0.25) is 0 Å². The number of hydrogen-bond acceptors (Lipinski definition) is 4. The summed E-state index contributed by atoms with van der Waals surface area (Å²) in [6.45, 7) is 1.94. The number of hydrogen-bond donors (Lipinski definition) is 2. The molecule has 5 nitrogen and oxygen atoms in total. The molecule has 94 valence electrons. The molecule has 3 aliphatic rings. The second-order valence-corrected chi connectivity index (χ2v) is 6.65. The summed E-state index contributed by atoms with van der Waals surface area (Å²) >= 11 is 1.77. The highest BCUT2D eigenvalue weighted by atomic mass is 32.2. The van der Waals surface area contributed by atoms with Gasteiger partial charge in [0, 0.05) is 17.7 Å². The molecule has 3 fully saturated rings. The molecule has 2 unspecified atom stereocenters. The lowest BCUT2D eigenvalue weighted by Gasteiger charge is -2.45. The van der Waals surface area contributed by atoms with E-state index in [4.69, 9.17) is 0 Å². The van der Waals surface area contributed by atoms with Crippen LogP contribution in [0.25, 0.3) is 0 Å². The van der Waals surface area contributed by atoms with Gasteiger partial charge in [0.05, 0.1) is 23.9 Å². The predicted molar refractivity (Wildman–Crippen MR) is 63.3 cm³/mol. The van der Waals surface area contributed by atoms with Gasteiger partial charge in [-0.3, -0.25) is 9.59 Å². The fourth-order valence-electron chi connectivity index (χ4n) is 2.92. The molecule has 0 saturated carbocycles. The summed E-state index contributed by atoms with van der Waals surface area (Å²) in [5.41, 5.74) is -0.453. The molecule has 3 rings (SSSR count). The molecular formula is C11H16N2O3S. The Balaban J connectivity index is 1.71. The fraction of sp³-hybridized carbons (Fsp3) is 0.818. The van der Waals surface area contributed by atoms with E-state index in [0.717, 1.165) is 6.42 Å². The quantitative estimate of drug-likeness (QED) is 0.680. The molecule has 3 saturated heterocycles. The highest BCUT2D eigenvalue weighted by molar-refractivity contribution is 8.01. The Bertz CT molecular complexity index is 381. The Morgan fingerprint density at radius 2 is 2.24 bits per heavy atom. The molecular weight excluding hydrogens is 240 g/mol. The lowest BCUT2D eigenvalue weighted by molar-refractivity contribution is -0.151. The SMILES string of the molecule is CC1(CO)C(C[C@H]2CC(=O)N2)S[C@@H]2CC(=O)N21. The van der Waals surface area contributed by atoms with Gasteiger partial charge in [0.25, 0.3) is 0 Å². The topological polar surface area (TPSA) is 69.6 Å². The zero-order valence-electron chi connectivity index (χ0n) is 9.68. The van der Waals surface area contributed by atoms with Gasteiger partial charge in [0.15, 0.2) is 0 Å². The number of β-lactam (4-membered cyclic amide) rings is 2. The van der Waals surface area contributed by atoms with Crippen molar-refractivity contribution >= 4 is 23.6 Å². The third-order valence-electron chi connectivity index (χ3n) is 4.09. The van der Waals surface area contributed by atoms with Crippen molar-refractivity contribution in [2.45, 2.75) is 48.4 Å². The summed E-state index contributed by atoms with van der Waals surface area (Å²) < 4.78 is 0. The van der Waals surface area contributed by atoms with E-state index in [1.807, 2.05) is 11.8 Å². The van der Waals surface area contributed by atoms with E-state index in [1.54, 1.807) is 11.8 Å². The van der Waals surface area contributed by atoms with Gasteiger partial charge >= 0.3 is 0 Å². The van der Waals surface area contributed by atoms with Crippen molar-refractivity contribution in [2.75, 3.05) is 6.61 Å². The zero-order chi connectivity index (χ0) is 12.2. The smallest absolute Gasteiger partial charge is 0.227 e. The number of amides is 2. The molecule has 0 aromatic rings. The Morgan fingerprint density at radius 1 is 1.53 bits per heavy atom. The molecule has 6 heteroatoms. The molecule has 0 aromatic heterocycles. The standard InChI is InChI=1S/C11H16N2O3S/c1-11(5-14)7(2-6-3-8(15)12-6)17-10-4-9(16)13(10)11/h6-7,10,14H,2-5H2,1H3,(H,12,15)/t6-,7?,10+,11?/m0/s1. The Morgan fingerprint density at radius 3 is 2.76 bits per heavy atom. The second kappa shape index (κ2) is 3.62. The van der Waals surface area contributed by atoms with Crippen molar-refractivity contribution in [3.63, 3.8) is 0 Å². The summed E-state index contributed by atoms with van der Waals surface area (Å²) in [7, 11) is 0. The summed E-state index contributed by atoms with van der Waals surface area (Å²) in [5, 5.41) is 12.9. The Hall–Kier alpha value is -0.750. The Kier molecular flexibility index (Phi) is 2.42. The van der Waals surface area contributed by atoms with Crippen LogP contribution in [-0.4, -0.2) is 50.6 Å². The molecule has 2 N–H and O–H groups in total. The maximum absolute atomic E-state index is 11.6. The minimum absolute atomic E-state index is 0.00638. The van der Waals surface area contributed by atoms with E-state index in [1.165, 1.54) is 0 Å². The number of fused-ring (bicyclic) bond motifs is 1. The van der Waals surface area contributed by atoms with Gasteiger partial charge in [-0.2, -0.15) is 0 Å². The predicted octanol–water partition coefficient (Wildman–Crippen LogP) is -0.310. The van der Waals surface area contributed by atoms with Gasteiger partial charge in [0.1, 0.15) is 0 Å². The number of nitrogens with one attached hydrogen (secondary N) is 1. The molecule has 3 heterocycles. The lowest BCUT2D eigenvalue weighted by Crippen LogP contribution is -2.62. The molecule has 0 radical (unpaired) electrons. The number of rotatable bonds is 3. The third-order valence-corrected chi connectivity index (χ3v) is 5.81. The first-order valence-corrected chi connectivity index (χ1v) is 6.87. The minimum Gasteiger partial charge on any atom is -0.394 e. The first-order chi connectivity index (χ1) is 8.04. The maximum atomic E-state index is 11.6. The van der Waals surface area contributed by atoms with Crippen molar-refractivity contribution in [3.05, 3.63) is 0 Å². The summed E-state index contributed by atoms with van der Waals surface area (Å²) in [6, 6.07) is 0.222. The third kappa shape index (κ3) is 1.50. The number of carbonyl (C=O) groups excluding carboxylic acids is 2. The molecule has 2 amide bonds. The van der Waals surface area contributed by atoms with Crippen LogP contribution in [-0.2, 0) is 9.59 Å². The Labute approximate surface area is 104 Å². The molecule has 4 atom stereocenters. The van der Waals surface area contributed by atoms with Gasteiger partial charge in [-0.1, -0.05) is 0 Å². The normalized spacial score (nSPS) is 43.9. The van der Waals surface area contributed by atoms with Gasteiger partial charge in [-0.05, 0) is 13.3 Å². The van der Waals surface area contributed by atoms with E-state index in [-0.39, 0.29) is 35.1 Å². The molecule has 3 aliphatic heterocycles. The highest BCUT2D eigenvalue weighted by Crippen LogP contribution is 2.51. The average Bonchev–Trinajstić information content (AvgIpc) is 2.45. The van der Waals surface area contributed by atoms with Crippen molar-refractivity contribution < 1.29 is 14.7 Å². The first-order valence-electron chi connectivity index (χ1n) is 5.92. The monoisotopic (exact) mass is 256 g/mol. The number of carbonyl (C=O) groups is 2. The van der Waals surface area contributed by atoms with Crippen molar-refractivity contribution in [1.29, 1.82) is 0 Å². The van der Waals surface area contributed by atoms with Crippen LogP contribution < -0.4 is 5.32 Å². The summed E-state index contributed by atoms with van der Waals surface area (Å²) in [5.74, 6) is 0.238. The van der Waals surface area contributed by atoms with Crippen LogP contribution in [0.4, 0.5) is 0 Å². The number of aliphatic hydroxyl groups excluding tert-OH is 1. The molecule has 0 spiro atoms. The molecule has 17 heavy (non-hydrogen) atoms. The lowest BCUT2D eigenvalue weighted by atomic mass is 9.87.